The first kappa shape index (κ1) is 22.0. The zero-order valence-corrected chi connectivity index (χ0v) is 18.3. The number of imide groups is 1. The number of benzene rings is 2. The van der Waals surface area contributed by atoms with Gasteiger partial charge >= 0.3 is 0 Å². The number of morpholine rings is 1. The Labute approximate surface area is 187 Å². The molecule has 32 heavy (non-hydrogen) atoms. The van der Waals surface area contributed by atoms with Crippen molar-refractivity contribution >= 4 is 28.8 Å². The third-order valence-corrected chi connectivity index (χ3v) is 5.70. The van der Waals surface area contributed by atoms with Crippen LogP contribution in [0.5, 0.6) is 0 Å². The van der Waals surface area contributed by atoms with Crippen LogP contribution < -0.4 is 10.2 Å². The molecule has 0 aromatic heterocycles. The average Bonchev–Trinajstić information content (AvgIpc) is 3.03. The Kier molecular flexibility index (Phi) is 6.53. The van der Waals surface area contributed by atoms with Gasteiger partial charge in [0, 0.05) is 51.6 Å². The summed E-state index contributed by atoms with van der Waals surface area (Å²) >= 11 is 0. The van der Waals surface area contributed by atoms with Crippen molar-refractivity contribution in [2.75, 3.05) is 63.7 Å². The molecule has 1 saturated heterocycles. The lowest BCUT2D eigenvalue weighted by Crippen LogP contribution is -2.43. The summed E-state index contributed by atoms with van der Waals surface area (Å²) in [4.78, 5) is 32.0. The standard InChI is InChI=1S/C24H27FN4O3/c1-27(2)20-9-7-19(8-10-20)26-22-21(17-3-5-18(25)6-4-17)23(30)29(24(22)31)12-11-28-13-15-32-16-14-28/h3-10,26H,11-16H2,1-2H3. The first-order chi connectivity index (χ1) is 15.4. The maximum Gasteiger partial charge on any atom is 0.278 e. The van der Waals surface area contributed by atoms with Gasteiger partial charge in [-0.25, -0.2) is 4.39 Å². The summed E-state index contributed by atoms with van der Waals surface area (Å²) in [5, 5.41) is 3.14. The minimum Gasteiger partial charge on any atom is -0.379 e. The van der Waals surface area contributed by atoms with Gasteiger partial charge in [-0.2, -0.15) is 0 Å². The SMILES string of the molecule is CN(C)c1ccc(NC2=C(c3ccc(F)cc3)C(=O)N(CCN3CCOCC3)C2=O)cc1. The number of hydrogen-bond acceptors (Lipinski definition) is 6. The number of halogens is 1. The van der Waals surface area contributed by atoms with Crippen molar-refractivity contribution in [2.45, 2.75) is 0 Å². The van der Waals surface area contributed by atoms with Crippen LogP contribution in [-0.2, 0) is 14.3 Å². The van der Waals surface area contributed by atoms with Crippen LogP contribution in [0.25, 0.3) is 5.57 Å². The van der Waals surface area contributed by atoms with Gasteiger partial charge in [-0.1, -0.05) is 12.1 Å². The molecule has 4 rings (SSSR count). The minimum absolute atomic E-state index is 0.209. The third-order valence-electron chi connectivity index (χ3n) is 5.70. The van der Waals surface area contributed by atoms with Crippen LogP contribution in [0.2, 0.25) is 0 Å². The van der Waals surface area contributed by atoms with Crippen LogP contribution in [0.3, 0.4) is 0 Å². The van der Waals surface area contributed by atoms with Crippen molar-refractivity contribution in [1.82, 2.24) is 9.80 Å². The van der Waals surface area contributed by atoms with Gasteiger partial charge in [-0.3, -0.25) is 19.4 Å². The highest BCUT2D eigenvalue weighted by Gasteiger charge is 2.39. The Balaban J connectivity index is 1.60. The lowest BCUT2D eigenvalue weighted by atomic mass is 10.0. The molecule has 0 unspecified atom stereocenters. The summed E-state index contributed by atoms with van der Waals surface area (Å²) < 4.78 is 18.8. The molecule has 0 bridgehead atoms. The molecule has 0 aliphatic carbocycles. The Morgan fingerprint density at radius 2 is 1.59 bits per heavy atom. The molecule has 2 aromatic carbocycles. The summed E-state index contributed by atoms with van der Waals surface area (Å²) in [6, 6.07) is 13.2. The van der Waals surface area contributed by atoms with E-state index >= 15 is 0 Å². The largest absolute Gasteiger partial charge is 0.379 e. The quantitative estimate of drug-likeness (QED) is 0.670. The van der Waals surface area contributed by atoms with Crippen molar-refractivity contribution in [2.24, 2.45) is 0 Å². The molecule has 1 N–H and O–H groups in total. The maximum atomic E-state index is 13.5. The second-order valence-electron chi connectivity index (χ2n) is 8.04. The molecule has 168 valence electrons. The molecule has 0 radical (unpaired) electrons. The number of ether oxygens (including phenoxy) is 1. The van der Waals surface area contributed by atoms with Gasteiger partial charge in [0.15, 0.2) is 0 Å². The van der Waals surface area contributed by atoms with Gasteiger partial charge in [-0.05, 0) is 42.0 Å². The van der Waals surface area contributed by atoms with Crippen LogP contribution in [0.1, 0.15) is 5.56 Å². The summed E-state index contributed by atoms with van der Waals surface area (Å²) in [7, 11) is 3.90. The number of hydrogen-bond donors (Lipinski definition) is 1. The highest BCUT2D eigenvalue weighted by Crippen LogP contribution is 2.31. The molecule has 2 amide bonds. The van der Waals surface area contributed by atoms with Gasteiger partial charge < -0.3 is 15.0 Å². The number of amides is 2. The Hall–Kier alpha value is -3.23. The number of nitrogens with zero attached hydrogens (tertiary/aromatic N) is 3. The molecule has 2 aliphatic rings. The van der Waals surface area contributed by atoms with E-state index < -0.39 is 5.82 Å². The van der Waals surface area contributed by atoms with E-state index in [0.29, 0.717) is 31.0 Å². The van der Waals surface area contributed by atoms with Crippen molar-refractivity contribution in [3.05, 3.63) is 65.6 Å². The van der Waals surface area contributed by atoms with Crippen molar-refractivity contribution in [3.63, 3.8) is 0 Å². The summed E-state index contributed by atoms with van der Waals surface area (Å²) in [5.41, 5.74) is 2.69. The van der Waals surface area contributed by atoms with Crippen molar-refractivity contribution < 1.29 is 18.7 Å². The lowest BCUT2D eigenvalue weighted by molar-refractivity contribution is -0.137. The summed E-state index contributed by atoms with van der Waals surface area (Å²) in [6.07, 6.45) is 0. The number of anilines is 2. The second-order valence-corrected chi connectivity index (χ2v) is 8.04. The zero-order chi connectivity index (χ0) is 22.7. The van der Waals surface area contributed by atoms with Crippen LogP contribution in [0, 0.1) is 5.82 Å². The first-order valence-electron chi connectivity index (χ1n) is 10.6. The zero-order valence-electron chi connectivity index (χ0n) is 18.3. The van der Waals surface area contributed by atoms with Gasteiger partial charge in [0.1, 0.15) is 11.5 Å². The third kappa shape index (κ3) is 4.66. The van der Waals surface area contributed by atoms with Crippen LogP contribution in [0.15, 0.2) is 54.2 Å². The number of carbonyl (C=O) groups excluding carboxylic acids is 2. The summed E-state index contributed by atoms with van der Waals surface area (Å²) in [5.74, 6) is -1.15. The van der Waals surface area contributed by atoms with E-state index in [1.54, 1.807) is 0 Å². The van der Waals surface area contributed by atoms with Crippen LogP contribution in [-0.4, -0.2) is 75.1 Å². The Bertz CT molecular complexity index is 1010. The van der Waals surface area contributed by atoms with E-state index in [-0.39, 0.29) is 29.6 Å². The fourth-order valence-electron chi connectivity index (χ4n) is 3.83. The molecule has 8 heteroatoms. The van der Waals surface area contributed by atoms with Gasteiger partial charge in [0.05, 0.1) is 18.8 Å². The molecule has 2 aliphatic heterocycles. The topological polar surface area (TPSA) is 65.1 Å². The highest BCUT2D eigenvalue weighted by molar-refractivity contribution is 6.36. The predicted molar refractivity (Wildman–Crippen MR) is 122 cm³/mol. The highest BCUT2D eigenvalue weighted by atomic mass is 19.1. The average molecular weight is 439 g/mol. The van der Waals surface area contributed by atoms with Crippen molar-refractivity contribution in [1.29, 1.82) is 0 Å². The van der Waals surface area contributed by atoms with E-state index in [4.69, 9.17) is 4.74 Å². The smallest absolute Gasteiger partial charge is 0.278 e. The number of carbonyl (C=O) groups is 2. The molecular formula is C24H27FN4O3. The van der Waals surface area contributed by atoms with Crippen LogP contribution in [0.4, 0.5) is 15.8 Å². The summed E-state index contributed by atoms with van der Waals surface area (Å²) in [6.45, 7) is 3.72. The van der Waals surface area contributed by atoms with Gasteiger partial charge in [0.2, 0.25) is 0 Å². The van der Waals surface area contributed by atoms with E-state index in [1.807, 2.05) is 43.3 Å². The van der Waals surface area contributed by atoms with E-state index in [2.05, 4.69) is 10.2 Å². The van der Waals surface area contributed by atoms with Crippen LogP contribution >= 0.6 is 0 Å². The van der Waals surface area contributed by atoms with E-state index in [9.17, 15) is 14.0 Å². The van der Waals surface area contributed by atoms with E-state index in [0.717, 1.165) is 18.8 Å². The van der Waals surface area contributed by atoms with Crippen molar-refractivity contribution in [3.8, 4) is 0 Å². The molecule has 2 aromatic rings. The first-order valence-corrected chi connectivity index (χ1v) is 10.6. The molecule has 0 atom stereocenters. The lowest BCUT2D eigenvalue weighted by Gasteiger charge is -2.28. The predicted octanol–water partition coefficient (Wildman–Crippen LogP) is 2.42. The molecule has 0 saturated carbocycles. The maximum absolute atomic E-state index is 13.5. The number of nitrogens with one attached hydrogen (secondary N) is 1. The fraction of sp³-hybridized carbons (Fsp3) is 0.333. The Morgan fingerprint density at radius 3 is 2.22 bits per heavy atom. The fourth-order valence-corrected chi connectivity index (χ4v) is 3.83. The minimum atomic E-state index is -0.399. The normalized spacial score (nSPS) is 17.3. The van der Waals surface area contributed by atoms with Gasteiger partial charge in [0.25, 0.3) is 11.8 Å². The molecule has 1 fully saturated rings. The number of rotatable bonds is 7. The molecule has 0 spiro atoms. The monoisotopic (exact) mass is 438 g/mol. The molecule has 7 nitrogen and oxygen atoms in total. The second kappa shape index (κ2) is 9.50. The van der Waals surface area contributed by atoms with Gasteiger partial charge in [-0.15, -0.1) is 0 Å². The molecular weight excluding hydrogens is 411 g/mol. The Morgan fingerprint density at radius 1 is 0.938 bits per heavy atom. The van der Waals surface area contributed by atoms with E-state index in [1.165, 1.54) is 29.2 Å². The molecule has 2 heterocycles.